The summed E-state index contributed by atoms with van der Waals surface area (Å²) in [6.07, 6.45) is 2.80. The van der Waals surface area contributed by atoms with Gasteiger partial charge in [0.1, 0.15) is 0 Å². The van der Waals surface area contributed by atoms with Crippen molar-refractivity contribution in [2.45, 2.75) is 39.2 Å². The smallest absolute Gasteiger partial charge is 0.319 e. The van der Waals surface area contributed by atoms with Crippen molar-refractivity contribution >= 4 is 17.6 Å². The fraction of sp³-hybridized carbons (Fsp3) is 0.556. The van der Waals surface area contributed by atoms with Crippen LogP contribution in [-0.4, -0.2) is 42.5 Å². The molecule has 132 valence electrons. The third-order valence-electron chi connectivity index (χ3n) is 4.57. The Kier molecular flexibility index (Phi) is 6.61. The number of hydrogen-bond acceptors (Lipinski definition) is 3. The number of amides is 3. The van der Waals surface area contributed by atoms with Crippen molar-refractivity contribution in [1.29, 1.82) is 0 Å². The Morgan fingerprint density at radius 3 is 2.67 bits per heavy atom. The lowest BCUT2D eigenvalue weighted by atomic mass is 9.96. The monoisotopic (exact) mass is 332 g/mol. The number of aryl methyl sites for hydroxylation is 1. The van der Waals surface area contributed by atoms with E-state index in [0.717, 1.165) is 43.6 Å². The molecular formula is C18H28N4O2. The molecule has 1 aromatic carbocycles. The molecule has 6 nitrogen and oxygen atoms in total. The number of hydrogen-bond donors (Lipinski definition) is 3. The SMILES string of the molecule is CCC(C(N)=O)N1CCCC(CNC(=O)Nc2ccc(C)cc2)C1. The van der Waals surface area contributed by atoms with Crippen LogP contribution in [-0.2, 0) is 4.79 Å². The lowest BCUT2D eigenvalue weighted by Crippen LogP contribution is -2.50. The van der Waals surface area contributed by atoms with Crippen molar-refractivity contribution in [2.75, 3.05) is 25.0 Å². The van der Waals surface area contributed by atoms with E-state index < -0.39 is 0 Å². The number of urea groups is 1. The fourth-order valence-electron chi connectivity index (χ4n) is 3.24. The minimum absolute atomic E-state index is 0.196. The molecule has 1 saturated heterocycles. The molecule has 1 heterocycles. The first-order chi connectivity index (χ1) is 11.5. The highest BCUT2D eigenvalue weighted by atomic mass is 16.2. The molecule has 0 bridgehead atoms. The van der Waals surface area contributed by atoms with Crippen LogP contribution in [0.25, 0.3) is 0 Å². The van der Waals surface area contributed by atoms with E-state index in [0.29, 0.717) is 12.5 Å². The number of anilines is 1. The number of nitrogens with one attached hydrogen (secondary N) is 2. The van der Waals surface area contributed by atoms with Gasteiger partial charge in [0.25, 0.3) is 0 Å². The van der Waals surface area contributed by atoms with Crippen LogP contribution < -0.4 is 16.4 Å². The van der Waals surface area contributed by atoms with E-state index in [1.54, 1.807) is 0 Å². The molecule has 0 spiro atoms. The minimum Gasteiger partial charge on any atom is -0.368 e. The summed E-state index contributed by atoms with van der Waals surface area (Å²) in [5.74, 6) is 0.0825. The largest absolute Gasteiger partial charge is 0.368 e. The van der Waals surface area contributed by atoms with Gasteiger partial charge < -0.3 is 16.4 Å². The van der Waals surface area contributed by atoms with Gasteiger partial charge in [-0.05, 0) is 50.8 Å². The van der Waals surface area contributed by atoms with Gasteiger partial charge in [0, 0.05) is 18.8 Å². The zero-order chi connectivity index (χ0) is 17.5. The maximum Gasteiger partial charge on any atom is 0.319 e. The summed E-state index contributed by atoms with van der Waals surface area (Å²) in [5.41, 5.74) is 7.42. The highest BCUT2D eigenvalue weighted by Crippen LogP contribution is 2.19. The summed E-state index contributed by atoms with van der Waals surface area (Å²) in [6.45, 7) is 6.28. The molecule has 0 radical (unpaired) electrons. The van der Waals surface area contributed by atoms with Crippen molar-refractivity contribution in [1.82, 2.24) is 10.2 Å². The molecular weight excluding hydrogens is 304 g/mol. The first kappa shape index (κ1) is 18.3. The van der Waals surface area contributed by atoms with Crippen molar-refractivity contribution in [3.05, 3.63) is 29.8 Å². The van der Waals surface area contributed by atoms with E-state index >= 15 is 0 Å². The number of nitrogens with zero attached hydrogens (tertiary/aromatic N) is 1. The number of primary amides is 1. The maximum absolute atomic E-state index is 12.0. The second kappa shape index (κ2) is 8.68. The van der Waals surface area contributed by atoms with Crippen LogP contribution in [0, 0.1) is 12.8 Å². The van der Waals surface area contributed by atoms with Crippen LogP contribution in [0.1, 0.15) is 31.7 Å². The highest BCUT2D eigenvalue weighted by molar-refractivity contribution is 5.89. The van der Waals surface area contributed by atoms with Crippen LogP contribution in [0.4, 0.5) is 10.5 Å². The van der Waals surface area contributed by atoms with E-state index in [4.69, 9.17) is 5.73 Å². The first-order valence-corrected chi connectivity index (χ1v) is 8.64. The van der Waals surface area contributed by atoms with Crippen LogP contribution >= 0.6 is 0 Å². The quantitative estimate of drug-likeness (QED) is 0.745. The van der Waals surface area contributed by atoms with Gasteiger partial charge in [0.2, 0.25) is 5.91 Å². The van der Waals surface area contributed by atoms with Crippen LogP contribution in [0.3, 0.4) is 0 Å². The molecule has 2 rings (SSSR count). The molecule has 3 amide bonds. The van der Waals surface area contributed by atoms with E-state index in [-0.39, 0.29) is 18.0 Å². The third-order valence-corrected chi connectivity index (χ3v) is 4.57. The standard InChI is InChI=1S/C18H28N4O2/c1-3-16(17(19)23)22-10-4-5-14(12-22)11-20-18(24)21-15-8-6-13(2)7-9-15/h6-9,14,16H,3-5,10-12H2,1-2H3,(H2,19,23)(H2,20,21,24). The number of nitrogens with two attached hydrogens (primary N) is 1. The number of piperidine rings is 1. The van der Waals surface area contributed by atoms with Crippen molar-refractivity contribution < 1.29 is 9.59 Å². The average molecular weight is 332 g/mol. The zero-order valence-electron chi connectivity index (χ0n) is 14.5. The van der Waals surface area contributed by atoms with Gasteiger partial charge in [-0.3, -0.25) is 9.69 Å². The predicted octanol–water partition coefficient (Wildman–Crippen LogP) is 2.09. The predicted molar refractivity (Wildman–Crippen MR) is 95.8 cm³/mol. The molecule has 2 unspecified atom stereocenters. The molecule has 1 aliphatic heterocycles. The second-order valence-corrected chi connectivity index (χ2v) is 6.53. The van der Waals surface area contributed by atoms with Crippen LogP contribution in [0.2, 0.25) is 0 Å². The Morgan fingerprint density at radius 2 is 2.04 bits per heavy atom. The molecule has 1 fully saturated rings. The topological polar surface area (TPSA) is 87.5 Å². The Hall–Kier alpha value is -2.08. The van der Waals surface area contributed by atoms with Gasteiger partial charge in [-0.1, -0.05) is 24.6 Å². The van der Waals surface area contributed by atoms with Gasteiger partial charge in [0.15, 0.2) is 0 Å². The summed E-state index contributed by atoms with van der Waals surface area (Å²) in [4.78, 5) is 25.7. The molecule has 1 aliphatic rings. The fourth-order valence-corrected chi connectivity index (χ4v) is 3.24. The number of carbonyl (C=O) groups excluding carboxylic acids is 2. The average Bonchev–Trinajstić information content (AvgIpc) is 2.56. The summed E-state index contributed by atoms with van der Waals surface area (Å²) in [6, 6.07) is 7.30. The Balaban J connectivity index is 1.79. The van der Waals surface area contributed by atoms with Crippen molar-refractivity contribution in [3.63, 3.8) is 0 Å². The lowest BCUT2D eigenvalue weighted by molar-refractivity contribution is -0.124. The third kappa shape index (κ3) is 5.23. The van der Waals surface area contributed by atoms with E-state index in [9.17, 15) is 9.59 Å². The Bertz CT molecular complexity index is 559. The summed E-state index contributed by atoms with van der Waals surface area (Å²) < 4.78 is 0. The van der Waals surface area contributed by atoms with Crippen molar-refractivity contribution in [3.8, 4) is 0 Å². The summed E-state index contributed by atoms with van der Waals surface area (Å²) >= 11 is 0. The highest BCUT2D eigenvalue weighted by Gasteiger charge is 2.28. The molecule has 1 aromatic rings. The number of benzene rings is 1. The molecule has 4 N–H and O–H groups in total. The zero-order valence-corrected chi connectivity index (χ0v) is 14.5. The Labute approximate surface area is 143 Å². The molecule has 2 atom stereocenters. The molecule has 24 heavy (non-hydrogen) atoms. The molecule has 0 saturated carbocycles. The van der Waals surface area contributed by atoms with E-state index in [1.165, 1.54) is 0 Å². The van der Waals surface area contributed by atoms with Gasteiger partial charge in [-0.25, -0.2) is 4.79 Å². The number of rotatable bonds is 6. The molecule has 6 heteroatoms. The second-order valence-electron chi connectivity index (χ2n) is 6.53. The Morgan fingerprint density at radius 1 is 1.33 bits per heavy atom. The van der Waals surface area contributed by atoms with Gasteiger partial charge in [-0.15, -0.1) is 0 Å². The lowest BCUT2D eigenvalue weighted by Gasteiger charge is -2.36. The summed E-state index contributed by atoms with van der Waals surface area (Å²) in [7, 11) is 0. The van der Waals surface area contributed by atoms with E-state index in [1.807, 2.05) is 38.1 Å². The molecule has 0 aliphatic carbocycles. The molecule has 0 aromatic heterocycles. The number of likely N-dealkylation sites (tertiary alicyclic amines) is 1. The van der Waals surface area contributed by atoms with Gasteiger partial charge in [-0.2, -0.15) is 0 Å². The normalized spacial score (nSPS) is 19.5. The van der Waals surface area contributed by atoms with Crippen molar-refractivity contribution in [2.24, 2.45) is 11.7 Å². The van der Waals surface area contributed by atoms with E-state index in [2.05, 4.69) is 15.5 Å². The minimum atomic E-state index is -0.261. The van der Waals surface area contributed by atoms with Gasteiger partial charge >= 0.3 is 6.03 Å². The number of carbonyl (C=O) groups is 2. The first-order valence-electron chi connectivity index (χ1n) is 8.64. The van der Waals surface area contributed by atoms with Crippen LogP contribution in [0.5, 0.6) is 0 Å². The van der Waals surface area contributed by atoms with Gasteiger partial charge in [0.05, 0.1) is 6.04 Å². The summed E-state index contributed by atoms with van der Waals surface area (Å²) in [5, 5.41) is 5.76. The van der Waals surface area contributed by atoms with Crippen LogP contribution in [0.15, 0.2) is 24.3 Å². The maximum atomic E-state index is 12.0.